The molecule has 1 atom stereocenters. The van der Waals surface area contributed by atoms with Gasteiger partial charge < -0.3 is 14.8 Å². The Morgan fingerprint density at radius 2 is 1.47 bits per heavy atom. The molecule has 4 aromatic rings. The van der Waals surface area contributed by atoms with Gasteiger partial charge in [0, 0.05) is 12.3 Å². The molecule has 4 aromatic carbocycles. The van der Waals surface area contributed by atoms with Gasteiger partial charge in [-0.05, 0) is 38.6 Å². The van der Waals surface area contributed by atoms with Crippen LogP contribution in [0.5, 0.6) is 0 Å². The summed E-state index contributed by atoms with van der Waals surface area (Å²) in [6.45, 7) is 0.222. The van der Waals surface area contributed by atoms with Gasteiger partial charge in [-0.25, -0.2) is 4.79 Å². The number of carbonyl (C=O) groups excluding carboxylic acids is 2. The predicted molar refractivity (Wildman–Crippen MR) is 126 cm³/mol. The van der Waals surface area contributed by atoms with Crippen LogP contribution in [0.1, 0.15) is 22.6 Å². The zero-order valence-corrected chi connectivity index (χ0v) is 17.5. The van der Waals surface area contributed by atoms with E-state index in [-0.39, 0.29) is 12.5 Å². The van der Waals surface area contributed by atoms with Crippen molar-refractivity contribution >= 4 is 23.2 Å². The molecule has 0 aromatic heterocycles. The smallest absolute Gasteiger partial charge is 0.407 e. The first kappa shape index (κ1) is 20.0. The van der Waals surface area contributed by atoms with Crippen molar-refractivity contribution in [2.75, 3.05) is 6.61 Å². The van der Waals surface area contributed by atoms with Crippen LogP contribution in [-0.4, -0.2) is 25.0 Å². The zero-order valence-electron chi connectivity index (χ0n) is 17.5. The van der Waals surface area contributed by atoms with Gasteiger partial charge >= 0.3 is 6.09 Å². The molecule has 1 aliphatic carbocycles. The molecule has 0 unspecified atom stereocenters. The summed E-state index contributed by atoms with van der Waals surface area (Å²) in [5.74, 6) is -0.0131. The van der Waals surface area contributed by atoms with Crippen LogP contribution >= 0.6 is 0 Å². The first-order valence-electron chi connectivity index (χ1n) is 10.8. The number of ether oxygens (including phenoxy) is 1. The first-order valence-corrected chi connectivity index (χ1v) is 10.8. The monoisotopic (exact) mass is 421 g/mol. The number of benzene rings is 4. The maximum Gasteiger partial charge on any atom is 0.407 e. The van der Waals surface area contributed by atoms with Crippen LogP contribution in [-0.2, 0) is 16.0 Å². The maximum absolute atomic E-state index is 12.6. The molecule has 0 radical (unpaired) electrons. The van der Waals surface area contributed by atoms with Crippen molar-refractivity contribution in [2.45, 2.75) is 18.4 Å². The quantitative estimate of drug-likeness (QED) is 0.419. The number of nitrogens with one attached hydrogen (secondary N) is 1. The Kier molecular flexibility index (Phi) is 5.42. The topological polar surface area (TPSA) is 55.4 Å². The summed E-state index contributed by atoms with van der Waals surface area (Å²) in [5.41, 5.74) is 5.69. The van der Waals surface area contributed by atoms with E-state index in [1.54, 1.807) is 0 Å². The van der Waals surface area contributed by atoms with Crippen molar-refractivity contribution in [1.29, 1.82) is 0 Å². The Bertz CT molecular complexity index is 1250. The summed E-state index contributed by atoms with van der Waals surface area (Å²) in [6.07, 6.45) is 0.599. The number of fused-ring (bicyclic) bond motifs is 4. The second-order valence-corrected chi connectivity index (χ2v) is 8.05. The largest absolute Gasteiger partial charge is 0.449 e. The van der Waals surface area contributed by atoms with E-state index in [9.17, 15) is 9.59 Å². The van der Waals surface area contributed by atoms with Crippen LogP contribution in [0.2, 0.25) is 0 Å². The summed E-state index contributed by atoms with van der Waals surface area (Å²) in [5, 5.41) is 4.91. The fourth-order valence-electron chi connectivity index (χ4n) is 4.63. The highest BCUT2D eigenvalue weighted by Gasteiger charge is 2.29. The van der Waals surface area contributed by atoms with Crippen LogP contribution in [0.25, 0.3) is 21.9 Å². The summed E-state index contributed by atoms with van der Waals surface area (Å²) >= 11 is 0. The van der Waals surface area contributed by atoms with Crippen molar-refractivity contribution in [3.05, 3.63) is 108 Å². The fraction of sp³-hybridized carbons (Fsp3) is 0.143. The molecule has 1 aliphatic rings. The Hall–Kier alpha value is -3.92. The molecule has 0 saturated carbocycles. The van der Waals surface area contributed by atoms with Gasteiger partial charge in [-0.3, -0.25) is 0 Å². The lowest BCUT2D eigenvalue weighted by Gasteiger charge is -2.17. The molecule has 5 rings (SSSR count). The second-order valence-electron chi connectivity index (χ2n) is 8.05. The van der Waals surface area contributed by atoms with Crippen molar-refractivity contribution in [3.8, 4) is 11.1 Å². The van der Waals surface area contributed by atoms with E-state index < -0.39 is 12.1 Å². The number of aldehydes is 1. The van der Waals surface area contributed by atoms with E-state index in [0.717, 1.165) is 33.7 Å². The average Bonchev–Trinajstić information content (AvgIpc) is 3.16. The molecule has 4 nitrogen and oxygen atoms in total. The van der Waals surface area contributed by atoms with Crippen LogP contribution < -0.4 is 5.32 Å². The van der Waals surface area contributed by atoms with Crippen LogP contribution in [0.4, 0.5) is 4.79 Å². The molecule has 1 amide bonds. The molecule has 0 bridgehead atoms. The average molecular weight is 421 g/mol. The van der Waals surface area contributed by atoms with Gasteiger partial charge in [0.2, 0.25) is 0 Å². The fourth-order valence-corrected chi connectivity index (χ4v) is 4.63. The Morgan fingerprint density at radius 1 is 0.844 bits per heavy atom. The Balaban J connectivity index is 1.27. The second kappa shape index (κ2) is 8.67. The normalized spacial score (nSPS) is 13.2. The van der Waals surface area contributed by atoms with E-state index in [2.05, 4.69) is 29.6 Å². The number of rotatable bonds is 6. The molecule has 0 saturated heterocycles. The van der Waals surface area contributed by atoms with Gasteiger partial charge in [-0.15, -0.1) is 0 Å². The summed E-state index contributed by atoms with van der Waals surface area (Å²) in [6, 6.07) is 29.8. The third-order valence-electron chi connectivity index (χ3n) is 6.13. The van der Waals surface area contributed by atoms with Crippen LogP contribution in [0.15, 0.2) is 91.0 Å². The molecule has 4 heteroatoms. The zero-order chi connectivity index (χ0) is 21.9. The van der Waals surface area contributed by atoms with Gasteiger partial charge in [0.05, 0.1) is 6.04 Å². The highest BCUT2D eigenvalue weighted by atomic mass is 16.5. The molecule has 0 spiro atoms. The Morgan fingerprint density at radius 3 is 2.19 bits per heavy atom. The molecule has 0 aliphatic heterocycles. The van der Waals surface area contributed by atoms with E-state index in [1.807, 2.05) is 66.7 Å². The van der Waals surface area contributed by atoms with Gasteiger partial charge in [0.15, 0.2) is 0 Å². The van der Waals surface area contributed by atoms with E-state index in [1.165, 1.54) is 11.1 Å². The molecule has 32 heavy (non-hydrogen) atoms. The molecular weight excluding hydrogens is 398 g/mol. The SMILES string of the molecule is O=C[C@H](Cc1cccc2ccccc12)NC(=O)OCC1c2ccccc2-c2ccccc21. The number of hydrogen-bond acceptors (Lipinski definition) is 3. The molecule has 0 fully saturated rings. The minimum Gasteiger partial charge on any atom is -0.449 e. The highest BCUT2D eigenvalue weighted by Crippen LogP contribution is 2.44. The standard InChI is InChI=1S/C28H23NO3/c30-17-21(16-20-10-7-9-19-8-1-2-11-22(19)20)29-28(31)32-18-27-25-14-5-3-12-23(25)24-13-4-6-15-26(24)27/h1-15,17,21,27H,16,18H2,(H,29,31)/t21-/m0/s1. The summed E-state index contributed by atoms with van der Waals surface area (Å²) < 4.78 is 5.59. The van der Waals surface area contributed by atoms with Gasteiger partial charge in [0.1, 0.15) is 12.9 Å². The van der Waals surface area contributed by atoms with E-state index in [0.29, 0.717) is 6.42 Å². The third-order valence-corrected chi connectivity index (χ3v) is 6.13. The van der Waals surface area contributed by atoms with Gasteiger partial charge in [-0.1, -0.05) is 91.0 Å². The molecule has 158 valence electrons. The van der Waals surface area contributed by atoms with Crippen LogP contribution in [0, 0.1) is 0 Å². The molecular formula is C28H23NO3. The van der Waals surface area contributed by atoms with E-state index in [4.69, 9.17) is 4.74 Å². The summed E-state index contributed by atoms with van der Waals surface area (Å²) in [4.78, 5) is 24.3. The minimum atomic E-state index is -0.656. The molecule has 1 N–H and O–H groups in total. The molecule has 0 heterocycles. The van der Waals surface area contributed by atoms with Crippen molar-refractivity contribution in [3.63, 3.8) is 0 Å². The van der Waals surface area contributed by atoms with E-state index >= 15 is 0 Å². The van der Waals surface area contributed by atoms with Crippen LogP contribution in [0.3, 0.4) is 0 Å². The Labute approximate surface area is 186 Å². The summed E-state index contributed by atoms with van der Waals surface area (Å²) in [7, 11) is 0. The lowest BCUT2D eigenvalue weighted by atomic mass is 9.98. The third kappa shape index (κ3) is 3.76. The van der Waals surface area contributed by atoms with Crippen molar-refractivity contribution in [1.82, 2.24) is 5.32 Å². The minimum absolute atomic E-state index is 0.0131. The van der Waals surface area contributed by atoms with Gasteiger partial charge in [0.25, 0.3) is 0 Å². The lowest BCUT2D eigenvalue weighted by molar-refractivity contribution is -0.109. The van der Waals surface area contributed by atoms with Crippen molar-refractivity contribution in [2.24, 2.45) is 0 Å². The highest BCUT2D eigenvalue weighted by molar-refractivity contribution is 5.86. The number of alkyl carbamates (subject to hydrolysis) is 1. The maximum atomic E-state index is 12.6. The van der Waals surface area contributed by atoms with Gasteiger partial charge in [-0.2, -0.15) is 0 Å². The lowest BCUT2D eigenvalue weighted by Crippen LogP contribution is -2.38. The van der Waals surface area contributed by atoms with Crippen molar-refractivity contribution < 1.29 is 14.3 Å². The number of amides is 1. The number of hydrogen-bond donors (Lipinski definition) is 1. The predicted octanol–water partition coefficient (Wildman–Crippen LogP) is 5.49. The first-order chi connectivity index (χ1) is 15.7. The number of carbonyl (C=O) groups is 2.